The molecule has 15 heavy (non-hydrogen) atoms. The highest BCUT2D eigenvalue weighted by Gasteiger charge is 2.13. The fraction of sp³-hybridized carbons (Fsp3) is 0.444. The van der Waals surface area contributed by atoms with E-state index in [2.05, 4.69) is 4.98 Å². The molecule has 0 saturated carbocycles. The molecule has 1 rings (SSSR count). The van der Waals surface area contributed by atoms with Gasteiger partial charge in [0.2, 0.25) is 0 Å². The molecule has 0 aliphatic carbocycles. The van der Waals surface area contributed by atoms with E-state index in [1.165, 1.54) is 18.0 Å². The maximum Gasteiger partial charge on any atom is 0.255 e. The van der Waals surface area contributed by atoms with Gasteiger partial charge in [0.05, 0.1) is 18.6 Å². The lowest BCUT2D eigenvalue weighted by molar-refractivity contribution is 0.156. The van der Waals surface area contributed by atoms with Crippen molar-refractivity contribution in [1.29, 1.82) is 0 Å². The first-order chi connectivity index (χ1) is 7.04. The van der Waals surface area contributed by atoms with Crippen molar-refractivity contribution in [2.75, 3.05) is 18.5 Å². The van der Waals surface area contributed by atoms with Crippen LogP contribution in [0.2, 0.25) is 0 Å². The molecule has 2 nitrogen and oxygen atoms in total. The minimum Gasteiger partial charge on any atom is -0.354 e. The van der Waals surface area contributed by atoms with Crippen molar-refractivity contribution in [2.45, 2.75) is 12.3 Å². The van der Waals surface area contributed by atoms with Crippen molar-refractivity contribution in [2.24, 2.45) is 0 Å². The van der Waals surface area contributed by atoms with E-state index < -0.39 is 18.8 Å². The summed E-state index contributed by atoms with van der Waals surface area (Å²) in [6.07, 6.45) is -1.49. The average Bonchev–Trinajstić information content (AvgIpc) is 2.16. The molecule has 0 radical (unpaired) electrons. The average molecular weight is 239 g/mol. The van der Waals surface area contributed by atoms with E-state index in [1.807, 2.05) is 0 Å². The van der Waals surface area contributed by atoms with Gasteiger partial charge in [-0.25, -0.2) is 18.2 Å². The quantitative estimate of drug-likeness (QED) is 0.750. The summed E-state index contributed by atoms with van der Waals surface area (Å²) in [4.78, 5) is 4.99. The van der Waals surface area contributed by atoms with Crippen LogP contribution >= 0.6 is 11.6 Å². The molecule has 6 heteroatoms. The standard InChI is InChI=1S/C9H10ClF3N2/c1-15(5-8(12)13)9-6(3-10)2-7(11)4-14-9/h2,4,8H,3,5H2,1H3. The van der Waals surface area contributed by atoms with Gasteiger partial charge in [0, 0.05) is 12.6 Å². The summed E-state index contributed by atoms with van der Waals surface area (Å²) in [6.45, 7) is -0.456. The number of anilines is 1. The van der Waals surface area contributed by atoms with Crippen LogP contribution in [0, 0.1) is 5.82 Å². The van der Waals surface area contributed by atoms with E-state index in [0.29, 0.717) is 5.56 Å². The topological polar surface area (TPSA) is 16.1 Å². The van der Waals surface area contributed by atoms with Crippen LogP contribution in [0.4, 0.5) is 19.0 Å². The van der Waals surface area contributed by atoms with Crippen LogP contribution in [0.3, 0.4) is 0 Å². The number of aromatic nitrogens is 1. The Morgan fingerprint density at radius 1 is 1.53 bits per heavy atom. The van der Waals surface area contributed by atoms with Crippen LogP contribution in [-0.4, -0.2) is 25.0 Å². The SMILES string of the molecule is CN(CC(F)F)c1ncc(F)cc1CCl. The molecule has 0 bridgehead atoms. The van der Waals surface area contributed by atoms with Crippen LogP contribution in [0.15, 0.2) is 12.3 Å². The molecule has 0 N–H and O–H groups in total. The number of pyridine rings is 1. The van der Waals surface area contributed by atoms with Crippen molar-refractivity contribution < 1.29 is 13.2 Å². The van der Waals surface area contributed by atoms with E-state index in [-0.39, 0.29) is 11.7 Å². The molecule has 0 atom stereocenters. The Morgan fingerprint density at radius 3 is 2.73 bits per heavy atom. The minimum atomic E-state index is -2.47. The molecule has 1 aromatic rings. The first-order valence-electron chi connectivity index (χ1n) is 4.24. The summed E-state index contributed by atoms with van der Waals surface area (Å²) in [7, 11) is 1.46. The first-order valence-corrected chi connectivity index (χ1v) is 4.77. The fourth-order valence-electron chi connectivity index (χ4n) is 1.21. The Labute approximate surface area is 90.7 Å². The third kappa shape index (κ3) is 3.27. The Hall–Kier alpha value is -0.970. The smallest absolute Gasteiger partial charge is 0.255 e. The van der Waals surface area contributed by atoms with Crippen LogP contribution < -0.4 is 4.90 Å². The second kappa shape index (κ2) is 5.21. The molecule has 0 amide bonds. The lowest BCUT2D eigenvalue weighted by Crippen LogP contribution is -2.26. The van der Waals surface area contributed by atoms with Crippen molar-refractivity contribution >= 4 is 17.4 Å². The highest BCUT2D eigenvalue weighted by atomic mass is 35.5. The number of halogens is 4. The van der Waals surface area contributed by atoms with Crippen LogP contribution in [0.1, 0.15) is 5.56 Å². The molecule has 0 unspecified atom stereocenters. The predicted molar refractivity (Wildman–Crippen MR) is 53.0 cm³/mol. The zero-order valence-electron chi connectivity index (χ0n) is 8.05. The van der Waals surface area contributed by atoms with Crippen LogP contribution in [0.5, 0.6) is 0 Å². The summed E-state index contributed by atoms with van der Waals surface area (Å²) < 4.78 is 37.0. The Balaban J connectivity index is 2.92. The second-order valence-corrected chi connectivity index (χ2v) is 3.31. The van der Waals surface area contributed by atoms with Gasteiger partial charge >= 0.3 is 0 Å². The Kier molecular flexibility index (Phi) is 4.20. The molecule has 0 aliphatic rings. The number of hydrogen-bond acceptors (Lipinski definition) is 2. The normalized spacial score (nSPS) is 10.8. The van der Waals surface area contributed by atoms with Gasteiger partial charge in [0.25, 0.3) is 6.43 Å². The molecule has 84 valence electrons. The van der Waals surface area contributed by atoms with E-state index in [4.69, 9.17) is 11.6 Å². The van der Waals surface area contributed by atoms with Gasteiger partial charge in [-0.1, -0.05) is 0 Å². The zero-order chi connectivity index (χ0) is 11.4. The fourth-order valence-corrected chi connectivity index (χ4v) is 1.41. The number of hydrogen-bond donors (Lipinski definition) is 0. The van der Waals surface area contributed by atoms with Crippen molar-refractivity contribution in [3.05, 3.63) is 23.6 Å². The Morgan fingerprint density at radius 2 is 2.20 bits per heavy atom. The Bertz CT molecular complexity index is 333. The van der Waals surface area contributed by atoms with Crippen LogP contribution in [-0.2, 0) is 5.88 Å². The summed E-state index contributed by atoms with van der Waals surface area (Å²) in [5.74, 6) is -0.209. The van der Waals surface area contributed by atoms with E-state index >= 15 is 0 Å². The van der Waals surface area contributed by atoms with E-state index in [1.54, 1.807) is 0 Å². The molecular weight excluding hydrogens is 229 g/mol. The van der Waals surface area contributed by atoms with Gasteiger partial charge in [-0.3, -0.25) is 0 Å². The number of nitrogens with zero attached hydrogens (tertiary/aromatic N) is 2. The summed E-state index contributed by atoms with van der Waals surface area (Å²) in [5, 5.41) is 0. The van der Waals surface area contributed by atoms with Crippen molar-refractivity contribution in [1.82, 2.24) is 4.98 Å². The zero-order valence-corrected chi connectivity index (χ0v) is 8.81. The molecule has 0 aliphatic heterocycles. The maximum absolute atomic E-state index is 12.8. The van der Waals surface area contributed by atoms with Gasteiger partial charge in [-0.2, -0.15) is 0 Å². The van der Waals surface area contributed by atoms with Crippen molar-refractivity contribution in [3.8, 4) is 0 Å². The largest absolute Gasteiger partial charge is 0.354 e. The van der Waals surface area contributed by atoms with Gasteiger partial charge in [0.1, 0.15) is 11.6 Å². The summed E-state index contributed by atoms with van der Waals surface area (Å²) in [5.41, 5.74) is 0.403. The van der Waals surface area contributed by atoms with Gasteiger partial charge in [0.15, 0.2) is 0 Å². The van der Waals surface area contributed by atoms with Gasteiger partial charge in [-0.15, -0.1) is 11.6 Å². The third-order valence-electron chi connectivity index (χ3n) is 1.83. The van der Waals surface area contributed by atoms with Crippen molar-refractivity contribution in [3.63, 3.8) is 0 Å². The van der Waals surface area contributed by atoms with E-state index in [0.717, 1.165) is 6.20 Å². The molecule has 0 saturated heterocycles. The molecule has 1 aromatic heterocycles. The van der Waals surface area contributed by atoms with Crippen LogP contribution in [0.25, 0.3) is 0 Å². The minimum absolute atomic E-state index is 0.0354. The van der Waals surface area contributed by atoms with Gasteiger partial charge in [-0.05, 0) is 6.07 Å². The number of rotatable bonds is 4. The molecular formula is C9H10ClF3N2. The summed E-state index contributed by atoms with van der Waals surface area (Å²) >= 11 is 5.56. The predicted octanol–water partition coefficient (Wildman–Crippen LogP) is 2.66. The van der Waals surface area contributed by atoms with E-state index in [9.17, 15) is 13.2 Å². The molecule has 0 aromatic carbocycles. The first kappa shape index (κ1) is 12.1. The monoisotopic (exact) mass is 238 g/mol. The second-order valence-electron chi connectivity index (χ2n) is 3.04. The summed E-state index contributed by atoms with van der Waals surface area (Å²) in [6, 6.07) is 1.19. The molecule has 1 heterocycles. The third-order valence-corrected chi connectivity index (χ3v) is 2.11. The highest BCUT2D eigenvalue weighted by molar-refractivity contribution is 6.17. The molecule has 0 fully saturated rings. The molecule has 0 spiro atoms. The highest BCUT2D eigenvalue weighted by Crippen LogP contribution is 2.19. The lowest BCUT2D eigenvalue weighted by Gasteiger charge is -2.19. The number of alkyl halides is 3. The maximum atomic E-state index is 12.8. The van der Waals surface area contributed by atoms with Gasteiger partial charge < -0.3 is 4.90 Å². The lowest BCUT2D eigenvalue weighted by atomic mass is 10.2.